The second-order valence-corrected chi connectivity index (χ2v) is 10.3. The molecular weight excluding hydrogens is 454 g/mol. The number of aryl methyl sites for hydroxylation is 2. The molecule has 0 aliphatic carbocycles. The summed E-state index contributed by atoms with van der Waals surface area (Å²) in [6, 6.07) is 10.8. The maximum atomic E-state index is 12.5. The van der Waals surface area contributed by atoms with Gasteiger partial charge in [0.05, 0.1) is 4.90 Å². The van der Waals surface area contributed by atoms with Gasteiger partial charge in [0.2, 0.25) is 15.9 Å². The van der Waals surface area contributed by atoms with Crippen LogP contribution < -0.4 is 19.5 Å². The summed E-state index contributed by atoms with van der Waals surface area (Å²) in [4.78, 5) is 15.7. The van der Waals surface area contributed by atoms with Gasteiger partial charge in [-0.3, -0.25) is 4.79 Å². The fraction of sp³-hybridized carbons (Fsp3) is 0.400. The van der Waals surface area contributed by atoms with Crippen LogP contribution in [0.5, 0.6) is 11.5 Å². The third-order valence-corrected chi connectivity index (χ3v) is 7.52. The van der Waals surface area contributed by atoms with Crippen molar-refractivity contribution in [3.8, 4) is 11.5 Å². The molecule has 3 N–H and O–H groups in total. The highest BCUT2D eigenvalue weighted by molar-refractivity contribution is 7.89. The van der Waals surface area contributed by atoms with E-state index < -0.39 is 10.0 Å². The van der Waals surface area contributed by atoms with Crippen LogP contribution in [0.25, 0.3) is 10.9 Å². The van der Waals surface area contributed by atoms with Gasteiger partial charge in [-0.05, 0) is 62.1 Å². The summed E-state index contributed by atoms with van der Waals surface area (Å²) in [6.45, 7) is 5.81. The molecule has 0 bridgehead atoms. The zero-order valence-electron chi connectivity index (χ0n) is 19.6. The summed E-state index contributed by atoms with van der Waals surface area (Å²) in [5.74, 6) is 0.996. The van der Waals surface area contributed by atoms with Crippen molar-refractivity contribution < 1.29 is 22.7 Å². The zero-order valence-corrected chi connectivity index (χ0v) is 20.4. The van der Waals surface area contributed by atoms with E-state index in [1.54, 1.807) is 6.07 Å². The zero-order chi connectivity index (χ0) is 24.1. The van der Waals surface area contributed by atoms with Gasteiger partial charge in [-0.15, -0.1) is 0 Å². The van der Waals surface area contributed by atoms with Crippen molar-refractivity contribution >= 4 is 26.8 Å². The number of hydrogen-bond donors (Lipinski definition) is 3. The Kier molecular flexibility index (Phi) is 7.43. The van der Waals surface area contributed by atoms with Gasteiger partial charge in [0.25, 0.3) is 0 Å². The summed E-state index contributed by atoms with van der Waals surface area (Å²) >= 11 is 0. The van der Waals surface area contributed by atoms with Gasteiger partial charge in [0.1, 0.15) is 13.2 Å². The molecule has 1 aromatic heterocycles. The molecule has 2 aromatic carbocycles. The van der Waals surface area contributed by atoms with Crippen LogP contribution >= 0.6 is 0 Å². The molecule has 3 aromatic rings. The highest BCUT2D eigenvalue weighted by Gasteiger charge is 2.19. The second-order valence-electron chi connectivity index (χ2n) is 8.55. The second kappa shape index (κ2) is 10.5. The number of amides is 1. The first-order valence-corrected chi connectivity index (χ1v) is 13.1. The molecule has 1 aliphatic heterocycles. The molecule has 34 heavy (non-hydrogen) atoms. The number of hydrogen-bond acceptors (Lipinski definition) is 5. The minimum Gasteiger partial charge on any atom is -0.486 e. The molecule has 0 saturated carbocycles. The average molecular weight is 486 g/mol. The molecule has 8 nitrogen and oxygen atoms in total. The minimum absolute atomic E-state index is 0.000994. The lowest BCUT2D eigenvalue weighted by Gasteiger charge is -2.18. The number of aromatic amines is 1. The van der Waals surface area contributed by atoms with Crippen LogP contribution in [0.2, 0.25) is 0 Å². The number of H-pyrrole nitrogens is 1. The van der Waals surface area contributed by atoms with E-state index in [0.717, 1.165) is 23.2 Å². The first kappa shape index (κ1) is 24.1. The quantitative estimate of drug-likeness (QED) is 0.379. The summed E-state index contributed by atoms with van der Waals surface area (Å²) in [5.41, 5.74) is 4.56. The lowest BCUT2D eigenvalue weighted by atomic mass is 10.1. The van der Waals surface area contributed by atoms with E-state index >= 15 is 0 Å². The Morgan fingerprint density at radius 3 is 2.62 bits per heavy atom. The maximum absolute atomic E-state index is 12.5. The van der Waals surface area contributed by atoms with Gasteiger partial charge in [0, 0.05) is 42.2 Å². The number of rotatable bonds is 10. The summed E-state index contributed by atoms with van der Waals surface area (Å²) in [6.07, 6.45) is 2.52. The van der Waals surface area contributed by atoms with Crippen LogP contribution in [-0.4, -0.2) is 39.1 Å². The van der Waals surface area contributed by atoms with E-state index in [4.69, 9.17) is 9.47 Å². The Labute approximate surface area is 200 Å². The molecule has 0 spiro atoms. The van der Waals surface area contributed by atoms with E-state index in [1.165, 1.54) is 23.1 Å². The molecule has 0 saturated heterocycles. The smallest absolute Gasteiger partial charge is 0.240 e. The average Bonchev–Trinajstić information content (AvgIpc) is 3.12. The number of sulfonamides is 1. The van der Waals surface area contributed by atoms with Gasteiger partial charge in [-0.1, -0.05) is 12.5 Å². The number of unbranched alkanes of at least 4 members (excludes halogenated alkanes) is 2. The standard InChI is InChI=1S/C25H31N3O5S/c1-17-18(2)28-22-9-7-19(14-21(17)22)16-26-25(29)6-4-3-5-11-27-34(30,31)20-8-10-23-24(15-20)33-13-12-32-23/h7-10,14-15,27-28H,3-6,11-13,16H2,1-2H3,(H,26,29). The van der Waals surface area contributed by atoms with Crippen molar-refractivity contribution in [2.75, 3.05) is 19.8 Å². The van der Waals surface area contributed by atoms with Crippen molar-refractivity contribution in [1.29, 1.82) is 0 Å². The van der Waals surface area contributed by atoms with E-state index in [9.17, 15) is 13.2 Å². The van der Waals surface area contributed by atoms with Gasteiger partial charge in [0.15, 0.2) is 11.5 Å². The van der Waals surface area contributed by atoms with E-state index in [-0.39, 0.29) is 10.8 Å². The van der Waals surface area contributed by atoms with Crippen LogP contribution in [0.4, 0.5) is 0 Å². The molecule has 0 radical (unpaired) electrons. The normalized spacial score (nSPS) is 13.2. The SMILES string of the molecule is Cc1[nH]c2ccc(CNC(=O)CCCCCNS(=O)(=O)c3ccc4c(c3)OCCO4)cc2c1C. The molecule has 182 valence electrons. The minimum atomic E-state index is -3.62. The number of carbonyl (C=O) groups excluding carboxylic acids is 1. The number of aromatic nitrogens is 1. The van der Waals surface area contributed by atoms with Crippen molar-refractivity contribution in [3.05, 3.63) is 53.2 Å². The lowest BCUT2D eigenvalue weighted by Crippen LogP contribution is -2.25. The first-order valence-electron chi connectivity index (χ1n) is 11.6. The highest BCUT2D eigenvalue weighted by atomic mass is 32.2. The Hall–Kier alpha value is -3.04. The fourth-order valence-electron chi connectivity index (χ4n) is 3.98. The Morgan fingerprint density at radius 2 is 1.79 bits per heavy atom. The molecule has 0 fully saturated rings. The molecule has 0 unspecified atom stereocenters. The van der Waals surface area contributed by atoms with Gasteiger partial charge in [-0.2, -0.15) is 0 Å². The molecule has 2 heterocycles. The Morgan fingerprint density at radius 1 is 1.00 bits per heavy atom. The van der Waals surface area contributed by atoms with E-state index in [0.29, 0.717) is 57.1 Å². The van der Waals surface area contributed by atoms with E-state index in [1.807, 2.05) is 12.1 Å². The summed E-state index contributed by atoms with van der Waals surface area (Å²) in [5, 5.41) is 4.15. The molecule has 0 atom stereocenters. The third kappa shape index (κ3) is 5.71. The van der Waals surface area contributed by atoms with Crippen LogP contribution in [-0.2, 0) is 21.4 Å². The van der Waals surface area contributed by atoms with Crippen molar-refractivity contribution in [2.24, 2.45) is 0 Å². The van der Waals surface area contributed by atoms with Crippen molar-refractivity contribution in [2.45, 2.75) is 51.0 Å². The molecular formula is C25H31N3O5S. The van der Waals surface area contributed by atoms with Crippen LogP contribution in [0.15, 0.2) is 41.3 Å². The number of fused-ring (bicyclic) bond motifs is 2. The molecule has 9 heteroatoms. The van der Waals surface area contributed by atoms with Crippen LogP contribution in [0.3, 0.4) is 0 Å². The highest BCUT2D eigenvalue weighted by Crippen LogP contribution is 2.32. The monoisotopic (exact) mass is 485 g/mol. The molecule has 4 rings (SSSR count). The number of benzene rings is 2. The molecule has 1 aliphatic rings. The Bertz CT molecular complexity index is 1280. The number of ether oxygens (including phenoxy) is 2. The summed E-state index contributed by atoms with van der Waals surface area (Å²) in [7, 11) is -3.62. The van der Waals surface area contributed by atoms with E-state index in [2.05, 4.69) is 34.9 Å². The summed E-state index contributed by atoms with van der Waals surface area (Å²) < 4.78 is 38.5. The lowest BCUT2D eigenvalue weighted by molar-refractivity contribution is -0.121. The number of nitrogens with one attached hydrogen (secondary N) is 3. The predicted octanol–water partition coefficient (Wildman–Crippen LogP) is 3.71. The number of carbonyl (C=O) groups is 1. The van der Waals surface area contributed by atoms with Gasteiger partial charge in [-0.25, -0.2) is 13.1 Å². The van der Waals surface area contributed by atoms with Crippen molar-refractivity contribution in [1.82, 2.24) is 15.0 Å². The fourth-order valence-corrected chi connectivity index (χ4v) is 5.06. The topological polar surface area (TPSA) is 110 Å². The van der Waals surface area contributed by atoms with Crippen LogP contribution in [0, 0.1) is 13.8 Å². The third-order valence-electron chi connectivity index (χ3n) is 6.06. The maximum Gasteiger partial charge on any atom is 0.240 e. The van der Waals surface area contributed by atoms with Crippen molar-refractivity contribution in [3.63, 3.8) is 0 Å². The Balaban J connectivity index is 1.15. The largest absolute Gasteiger partial charge is 0.486 e. The first-order chi connectivity index (χ1) is 16.3. The van der Waals surface area contributed by atoms with Gasteiger partial charge >= 0.3 is 0 Å². The van der Waals surface area contributed by atoms with Crippen LogP contribution in [0.1, 0.15) is 42.5 Å². The van der Waals surface area contributed by atoms with Gasteiger partial charge < -0.3 is 19.8 Å². The predicted molar refractivity (Wildman–Crippen MR) is 131 cm³/mol. The molecule has 1 amide bonds.